The van der Waals surface area contributed by atoms with Crippen molar-refractivity contribution in [2.24, 2.45) is 10.9 Å². The Morgan fingerprint density at radius 2 is 2.19 bits per heavy atom. The van der Waals surface area contributed by atoms with Crippen LogP contribution in [0.25, 0.3) is 0 Å². The van der Waals surface area contributed by atoms with Crippen molar-refractivity contribution >= 4 is 23.7 Å². The molecule has 0 spiro atoms. The number of isocyanates is 1. The largest absolute Gasteiger partial charge is 0.496 e. The van der Waals surface area contributed by atoms with E-state index in [1.54, 1.807) is 6.92 Å². The molecular weight excluding hydrogens is 338 g/mol. The standard InChI is InChI=1S/C19H21NO6/c1-10(7-11(2)18(22)23)5-6-13-16(20-9-21)15-14(8-26-19(15)24)12(3)17(13)25-4/h5,11H,6-8H2,1-4H3,(H,22,23)/b10-5+/t11-/m1/s1. The maximum atomic E-state index is 12.1. The topological polar surface area (TPSA) is 102 Å². The Morgan fingerprint density at radius 3 is 2.77 bits per heavy atom. The number of carboxylic acid groups (broad SMARTS) is 1. The molecule has 0 fully saturated rings. The summed E-state index contributed by atoms with van der Waals surface area (Å²) < 4.78 is 10.6. The average Bonchev–Trinajstić information content (AvgIpc) is 2.97. The van der Waals surface area contributed by atoms with Gasteiger partial charge >= 0.3 is 11.9 Å². The third kappa shape index (κ3) is 3.68. The molecule has 0 bridgehead atoms. The lowest BCUT2D eigenvalue weighted by molar-refractivity contribution is -0.141. The molecule has 0 saturated heterocycles. The van der Waals surface area contributed by atoms with Gasteiger partial charge in [0.05, 0.1) is 24.3 Å². The summed E-state index contributed by atoms with van der Waals surface area (Å²) in [6, 6.07) is 0. The van der Waals surface area contributed by atoms with E-state index in [1.165, 1.54) is 13.2 Å². The van der Waals surface area contributed by atoms with Crippen LogP contribution in [0, 0.1) is 12.8 Å². The highest BCUT2D eigenvalue weighted by atomic mass is 16.5. The predicted octanol–water partition coefficient (Wildman–Crippen LogP) is 3.24. The Labute approximate surface area is 151 Å². The second-order valence-electron chi connectivity index (χ2n) is 6.32. The van der Waals surface area contributed by atoms with Gasteiger partial charge in [0.1, 0.15) is 12.4 Å². The first kappa shape index (κ1) is 19.4. The van der Waals surface area contributed by atoms with E-state index in [-0.39, 0.29) is 17.9 Å². The smallest absolute Gasteiger partial charge is 0.341 e. The Balaban J connectivity index is 2.52. The van der Waals surface area contributed by atoms with Crippen LogP contribution in [0.1, 0.15) is 47.3 Å². The van der Waals surface area contributed by atoms with E-state index < -0.39 is 17.9 Å². The van der Waals surface area contributed by atoms with Crippen molar-refractivity contribution in [1.82, 2.24) is 0 Å². The highest BCUT2D eigenvalue weighted by Gasteiger charge is 2.32. The Morgan fingerprint density at radius 1 is 1.50 bits per heavy atom. The van der Waals surface area contributed by atoms with Gasteiger partial charge in [0, 0.05) is 11.1 Å². The summed E-state index contributed by atoms with van der Waals surface area (Å²) >= 11 is 0. The average molecular weight is 359 g/mol. The number of esters is 1. The third-order valence-electron chi connectivity index (χ3n) is 4.51. The van der Waals surface area contributed by atoms with Crippen LogP contribution in [-0.2, 0) is 27.4 Å². The van der Waals surface area contributed by atoms with Gasteiger partial charge in [-0.25, -0.2) is 9.59 Å². The number of methoxy groups -OCH3 is 1. The van der Waals surface area contributed by atoms with Crippen LogP contribution in [0.2, 0.25) is 0 Å². The number of cyclic esters (lactones) is 1. The van der Waals surface area contributed by atoms with Crippen molar-refractivity contribution in [2.45, 2.75) is 40.2 Å². The van der Waals surface area contributed by atoms with Crippen molar-refractivity contribution in [2.75, 3.05) is 7.11 Å². The fourth-order valence-electron chi connectivity index (χ4n) is 3.13. The van der Waals surface area contributed by atoms with Crippen molar-refractivity contribution in [3.8, 4) is 5.75 Å². The number of carboxylic acids is 1. The lowest BCUT2D eigenvalue weighted by atomic mass is 9.93. The lowest BCUT2D eigenvalue weighted by Gasteiger charge is -2.16. The van der Waals surface area contributed by atoms with Crippen LogP contribution in [0.5, 0.6) is 5.75 Å². The number of aliphatic carboxylic acids is 1. The minimum Gasteiger partial charge on any atom is -0.496 e. The molecule has 0 aliphatic carbocycles. The molecule has 1 aliphatic heterocycles. The summed E-state index contributed by atoms with van der Waals surface area (Å²) in [4.78, 5) is 37.7. The maximum absolute atomic E-state index is 12.1. The molecule has 0 amide bonds. The van der Waals surface area contributed by atoms with E-state index in [0.717, 1.165) is 11.1 Å². The molecule has 26 heavy (non-hydrogen) atoms. The van der Waals surface area contributed by atoms with Gasteiger partial charge in [0.25, 0.3) is 0 Å². The first-order chi connectivity index (χ1) is 12.3. The van der Waals surface area contributed by atoms with Crippen molar-refractivity contribution in [3.63, 3.8) is 0 Å². The first-order valence-electron chi connectivity index (χ1n) is 8.17. The third-order valence-corrected chi connectivity index (χ3v) is 4.51. The van der Waals surface area contributed by atoms with Gasteiger partial charge in [-0.1, -0.05) is 18.6 Å². The fraction of sp³-hybridized carbons (Fsp3) is 0.421. The molecule has 138 valence electrons. The van der Waals surface area contributed by atoms with Gasteiger partial charge in [0.15, 0.2) is 0 Å². The minimum absolute atomic E-state index is 0.114. The van der Waals surface area contributed by atoms with Crippen LogP contribution in [0.15, 0.2) is 16.6 Å². The number of hydrogen-bond donors (Lipinski definition) is 1. The zero-order valence-electron chi connectivity index (χ0n) is 15.2. The number of aliphatic imine (C=N–C) groups is 1. The van der Waals surface area contributed by atoms with Crippen molar-refractivity contribution in [1.29, 1.82) is 0 Å². The molecule has 0 unspecified atom stereocenters. The summed E-state index contributed by atoms with van der Waals surface area (Å²) in [6.45, 7) is 5.41. The first-order valence-corrected chi connectivity index (χ1v) is 8.17. The van der Waals surface area contributed by atoms with Crippen LogP contribution in [0.3, 0.4) is 0 Å². The van der Waals surface area contributed by atoms with Crippen LogP contribution in [0.4, 0.5) is 5.69 Å². The predicted molar refractivity (Wildman–Crippen MR) is 93.5 cm³/mol. The van der Waals surface area contributed by atoms with Crippen molar-refractivity contribution in [3.05, 3.63) is 33.9 Å². The van der Waals surface area contributed by atoms with E-state index in [0.29, 0.717) is 29.7 Å². The number of ether oxygens (including phenoxy) is 2. The number of allylic oxidation sites excluding steroid dienone is 2. The minimum atomic E-state index is -0.863. The van der Waals surface area contributed by atoms with E-state index >= 15 is 0 Å². The highest BCUT2D eigenvalue weighted by Crippen LogP contribution is 2.42. The monoisotopic (exact) mass is 359 g/mol. The normalized spacial score (nSPS) is 14.3. The highest BCUT2D eigenvalue weighted by molar-refractivity contribution is 6.01. The van der Waals surface area contributed by atoms with E-state index in [2.05, 4.69) is 4.99 Å². The molecule has 1 aromatic carbocycles. The zero-order chi connectivity index (χ0) is 19.4. The van der Waals surface area contributed by atoms with E-state index in [9.17, 15) is 14.4 Å². The SMILES string of the molecule is COc1c(C)c2c(c(N=C=O)c1C/C=C(\C)C[C@@H](C)C(=O)O)C(=O)OC2. The number of benzene rings is 1. The molecule has 7 nitrogen and oxygen atoms in total. The quantitative estimate of drug-likeness (QED) is 0.347. The number of hydrogen-bond acceptors (Lipinski definition) is 6. The van der Waals surface area contributed by atoms with E-state index in [1.807, 2.05) is 19.9 Å². The molecule has 7 heteroatoms. The Bertz CT molecular complexity index is 833. The molecule has 1 N–H and O–H groups in total. The summed E-state index contributed by atoms with van der Waals surface area (Å²) in [6.07, 6.45) is 4.08. The molecule has 1 aromatic rings. The van der Waals surface area contributed by atoms with Gasteiger partial charge < -0.3 is 14.6 Å². The van der Waals surface area contributed by atoms with Crippen LogP contribution < -0.4 is 4.74 Å². The van der Waals surface area contributed by atoms with Gasteiger partial charge in [-0.3, -0.25) is 4.79 Å². The fourth-order valence-corrected chi connectivity index (χ4v) is 3.13. The molecule has 0 aromatic heterocycles. The molecule has 1 heterocycles. The second kappa shape index (κ2) is 7.97. The number of carbonyl (C=O) groups excluding carboxylic acids is 2. The Hall–Kier alpha value is -2.92. The molecule has 1 aliphatic rings. The Kier molecular flexibility index (Phi) is 5.95. The zero-order valence-corrected chi connectivity index (χ0v) is 15.2. The number of rotatable bonds is 7. The molecule has 2 rings (SSSR count). The second-order valence-corrected chi connectivity index (χ2v) is 6.32. The summed E-state index contributed by atoms with van der Waals surface area (Å²) in [5.74, 6) is -1.36. The summed E-state index contributed by atoms with van der Waals surface area (Å²) in [5, 5.41) is 9.03. The van der Waals surface area contributed by atoms with E-state index in [4.69, 9.17) is 14.6 Å². The number of carbonyl (C=O) groups is 2. The van der Waals surface area contributed by atoms with Gasteiger partial charge in [-0.15, -0.1) is 0 Å². The van der Waals surface area contributed by atoms with Crippen LogP contribution >= 0.6 is 0 Å². The van der Waals surface area contributed by atoms with Gasteiger partial charge in [-0.05, 0) is 32.3 Å². The molecule has 0 saturated carbocycles. The summed E-state index contributed by atoms with van der Waals surface area (Å²) in [5.41, 5.74) is 3.35. The summed E-state index contributed by atoms with van der Waals surface area (Å²) in [7, 11) is 1.51. The lowest BCUT2D eigenvalue weighted by Crippen LogP contribution is -2.09. The van der Waals surface area contributed by atoms with Gasteiger partial charge in [0.2, 0.25) is 6.08 Å². The maximum Gasteiger partial charge on any atom is 0.341 e. The van der Waals surface area contributed by atoms with Crippen LogP contribution in [-0.4, -0.2) is 30.2 Å². The number of fused-ring (bicyclic) bond motifs is 1. The van der Waals surface area contributed by atoms with Gasteiger partial charge in [-0.2, -0.15) is 4.99 Å². The van der Waals surface area contributed by atoms with Crippen molar-refractivity contribution < 1.29 is 29.0 Å². The molecular formula is C19H21NO6. The number of nitrogens with zero attached hydrogens (tertiary/aromatic N) is 1. The molecule has 1 atom stereocenters. The molecule has 0 radical (unpaired) electrons.